The van der Waals surface area contributed by atoms with E-state index in [4.69, 9.17) is 4.74 Å². The van der Waals surface area contributed by atoms with Gasteiger partial charge in [-0.15, -0.1) is 0 Å². The number of carbonyl (C=O) groups excluding carboxylic acids is 1. The third-order valence-corrected chi connectivity index (χ3v) is 7.49. The van der Waals surface area contributed by atoms with E-state index in [1.54, 1.807) is 12.4 Å². The number of carbonyl (C=O) groups is 1. The molecule has 0 bridgehead atoms. The third-order valence-electron chi connectivity index (χ3n) is 6.39. The fourth-order valence-corrected chi connectivity index (χ4v) is 5.50. The lowest BCUT2D eigenvalue weighted by Crippen LogP contribution is -2.51. The first-order chi connectivity index (χ1) is 15.6. The number of thiazole rings is 1. The molecule has 2 aliphatic heterocycles. The zero-order valence-corrected chi connectivity index (χ0v) is 20.1. The van der Waals surface area contributed by atoms with Crippen LogP contribution in [0.15, 0.2) is 30.6 Å². The maximum Gasteiger partial charge on any atom is 0.265 e. The SMILES string of the molecule is CCCOC1CCCN(C2CCN(C(=O)c3cnc(N(C)Cc4ccccn4)s3)CC2)C1. The molecule has 1 unspecified atom stereocenters. The molecule has 0 radical (unpaired) electrons. The van der Waals surface area contributed by atoms with Crippen LogP contribution in [0.4, 0.5) is 5.13 Å². The summed E-state index contributed by atoms with van der Waals surface area (Å²) >= 11 is 1.47. The van der Waals surface area contributed by atoms with Gasteiger partial charge in [0, 0.05) is 45.5 Å². The summed E-state index contributed by atoms with van der Waals surface area (Å²) in [5.41, 5.74) is 0.986. The molecule has 8 heteroatoms. The van der Waals surface area contributed by atoms with Crippen LogP contribution in [-0.4, -0.2) is 77.7 Å². The second-order valence-corrected chi connectivity index (χ2v) is 9.85. The smallest absolute Gasteiger partial charge is 0.265 e. The number of rotatable bonds is 8. The van der Waals surface area contributed by atoms with Gasteiger partial charge in [0.1, 0.15) is 4.88 Å². The highest BCUT2D eigenvalue weighted by molar-refractivity contribution is 7.17. The van der Waals surface area contributed by atoms with Gasteiger partial charge in [0.15, 0.2) is 5.13 Å². The number of pyridine rings is 1. The van der Waals surface area contributed by atoms with Crippen LogP contribution in [0.3, 0.4) is 0 Å². The summed E-state index contributed by atoms with van der Waals surface area (Å²) in [7, 11) is 1.99. The molecule has 2 saturated heterocycles. The van der Waals surface area contributed by atoms with Crippen molar-refractivity contribution in [3.63, 3.8) is 0 Å². The van der Waals surface area contributed by atoms with E-state index in [0.717, 1.165) is 67.8 Å². The molecule has 32 heavy (non-hydrogen) atoms. The summed E-state index contributed by atoms with van der Waals surface area (Å²) in [6.45, 7) is 7.53. The van der Waals surface area contributed by atoms with Gasteiger partial charge in [-0.25, -0.2) is 4.98 Å². The molecule has 0 aliphatic carbocycles. The summed E-state index contributed by atoms with van der Waals surface area (Å²) in [5, 5.41) is 0.848. The molecule has 174 valence electrons. The molecule has 7 nitrogen and oxygen atoms in total. The highest BCUT2D eigenvalue weighted by Crippen LogP contribution is 2.27. The Morgan fingerprint density at radius 3 is 2.81 bits per heavy atom. The van der Waals surface area contributed by atoms with Crippen LogP contribution in [-0.2, 0) is 11.3 Å². The number of nitrogens with zero attached hydrogens (tertiary/aromatic N) is 5. The number of hydrogen-bond acceptors (Lipinski definition) is 7. The minimum atomic E-state index is 0.112. The number of hydrogen-bond donors (Lipinski definition) is 0. The monoisotopic (exact) mass is 457 g/mol. The van der Waals surface area contributed by atoms with E-state index in [1.165, 1.54) is 24.2 Å². The molecule has 0 spiro atoms. The summed E-state index contributed by atoms with van der Waals surface area (Å²) in [5.74, 6) is 0.112. The Morgan fingerprint density at radius 1 is 1.22 bits per heavy atom. The quantitative estimate of drug-likeness (QED) is 0.603. The van der Waals surface area contributed by atoms with Crippen LogP contribution in [0.1, 0.15) is 54.4 Å². The lowest BCUT2D eigenvalue weighted by atomic mass is 9.98. The number of amides is 1. The first-order valence-electron chi connectivity index (χ1n) is 11.9. The van der Waals surface area contributed by atoms with Crippen LogP contribution in [0.2, 0.25) is 0 Å². The maximum atomic E-state index is 13.1. The average molecular weight is 458 g/mol. The van der Waals surface area contributed by atoms with Crippen molar-refractivity contribution in [3.8, 4) is 0 Å². The van der Waals surface area contributed by atoms with Gasteiger partial charge in [-0.05, 0) is 50.8 Å². The van der Waals surface area contributed by atoms with E-state index in [2.05, 4.69) is 21.8 Å². The lowest BCUT2D eigenvalue weighted by Gasteiger charge is -2.42. The molecule has 4 rings (SSSR count). The number of ether oxygens (including phenoxy) is 1. The van der Waals surface area contributed by atoms with E-state index in [9.17, 15) is 4.79 Å². The van der Waals surface area contributed by atoms with Crippen molar-refractivity contribution in [1.29, 1.82) is 0 Å². The number of aromatic nitrogens is 2. The van der Waals surface area contributed by atoms with Crippen molar-refractivity contribution in [2.45, 2.75) is 57.7 Å². The van der Waals surface area contributed by atoms with Crippen molar-refractivity contribution >= 4 is 22.4 Å². The standard InChI is InChI=1S/C24H35N5O2S/c1-3-15-31-21-8-6-12-29(18-21)20-9-13-28(14-10-20)23(30)22-16-26-24(32-22)27(2)17-19-7-4-5-11-25-19/h4-5,7,11,16,20-21H,3,6,8-10,12-15,17-18H2,1-2H3. The zero-order valence-electron chi connectivity index (χ0n) is 19.3. The third kappa shape index (κ3) is 5.85. The van der Waals surface area contributed by atoms with E-state index in [0.29, 0.717) is 18.7 Å². The predicted octanol–water partition coefficient (Wildman–Crippen LogP) is 3.67. The minimum Gasteiger partial charge on any atom is -0.377 e. The van der Waals surface area contributed by atoms with Crippen LogP contribution < -0.4 is 4.90 Å². The predicted molar refractivity (Wildman–Crippen MR) is 128 cm³/mol. The molecule has 0 aromatic carbocycles. The van der Waals surface area contributed by atoms with Crippen LogP contribution in [0.5, 0.6) is 0 Å². The first kappa shape index (κ1) is 23.1. The Labute approximate surface area is 195 Å². The molecule has 2 aliphatic rings. The van der Waals surface area contributed by atoms with Gasteiger partial charge >= 0.3 is 0 Å². The molecule has 1 atom stereocenters. The van der Waals surface area contributed by atoms with Gasteiger partial charge in [-0.2, -0.15) is 0 Å². The molecular formula is C24H35N5O2S. The summed E-state index contributed by atoms with van der Waals surface area (Å²) < 4.78 is 6.01. The Kier molecular flexibility index (Phi) is 8.10. The number of piperidine rings is 2. The Hall–Kier alpha value is -2.03. The zero-order chi connectivity index (χ0) is 22.3. The van der Waals surface area contributed by atoms with Crippen molar-refractivity contribution < 1.29 is 9.53 Å². The Balaban J connectivity index is 1.27. The lowest BCUT2D eigenvalue weighted by molar-refractivity contribution is -0.0206. The van der Waals surface area contributed by atoms with Gasteiger partial charge in [0.2, 0.25) is 0 Å². The van der Waals surface area contributed by atoms with Crippen molar-refractivity contribution in [1.82, 2.24) is 19.8 Å². The van der Waals surface area contributed by atoms with Crippen LogP contribution in [0.25, 0.3) is 0 Å². The number of anilines is 1. The normalized spacial score (nSPS) is 20.4. The molecule has 0 saturated carbocycles. The molecule has 1 amide bonds. The van der Waals surface area contributed by atoms with Gasteiger partial charge in [-0.3, -0.25) is 14.7 Å². The van der Waals surface area contributed by atoms with Crippen molar-refractivity contribution in [2.24, 2.45) is 0 Å². The summed E-state index contributed by atoms with van der Waals surface area (Å²) in [4.78, 5) is 29.3. The molecule has 0 N–H and O–H groups in total. The van der Waals surface area contributed by atoms with E-state index < -0.39 is 0 Å². The summed E-state index contributed by atoms with van der Waals surface area (Å²) in [6.07, 6.45) is 9.45. The molecular weight excluding hydrogens is 422 g/mol. The first-order valence-corrected chi connectivity index (χ1v) is 12.7. The van der Waals surface area contributed by atoms with Gasteiger partial charge < -0.3 is 14.5 Å². The molecule has 2 aromatic heterocycles. The Bertz CT molecular complexity index is 853. The van der Waals surface area contributed by atoms with Gasteiger partial charge in [0.25, 0.3) is 5.91 Å². The minimum absolute atomic E-state index is 0.112. The number of likely N-dealkylation sites (tertiary alicyclic amines) is 2. The highest BCUT2D eigenvalue weighted by atomic mass is 32.1. The second-order valence-electron chi connectivity index (χ2n) is 8.84. The van der Waals surface area contributed by atoms with Crippen molar-refractivity contribution in [2.75, 3.05) is 44.7 Å². The van der Waals surface area contributed by atoms with E-state index in [-0.39, 0.29) is 5.91 Å². The topological polar surface area (TPSA) is 61.8 Å². The maximum absolute atomic E-state index is 13.1. The molecule has 2 aromatic rings. The highest BCUT2D eigenvalue weighted by Gasteiger charge is 2.31. The second kappa shape index (κ2) is 11.2. The van der Waals surface area contributed by atoms with Gasteiger partial charge in [0.05, 0.1) is 24.5 Å². The van der Waals surface area contributed by atoms with E-state index >= 15 is 0 Å². The van der Waals surface area contributed by atoms with Crippen molar-refractivity contribution in [3.05, 3.63) is 41.2 Å². The van der Waals surface area contributed by atoms with Gasteiger partial charge in [-0.1, -0.05) is 24.3 Å². The van der Waals surface area contributed by atoms with E-state index in [1.807, 2.05) is 35.0 Å². The van der Waals surface area contributed by atoms with Crippen LogP contribution in [0, 0.1) is 0 Å². The summed E-state index contributed by atoms with van der Waals surface area (Å²) in [6, 6.07) is 6.46. The fourth-order valence-electron chi connectivity index (χ4n) is 4.65. The molecule has 2 fully saturated rings. The molecule has 4 heterocycles. The average Bonchev–Trinajstić information content (AvgIpc) is 3.34. The fraction of sp³-hybridized carbons (Fsp3) is 0.625. The largest absolute Gasteiger partial charge is 0.377 e. The van der Waals surface area contributed by atoms with Crippen LogP contribution >= 0.6 is 11.3 Å². The Morgan fingerprint density at radius 2 is 2.06 bits per heavy atom.